The molecule has 18 heavy (non-hydrogen) atoms. The van der Waals surface area contributed by atoms with E-state index in [4.69, 9.17) is 0 Å². The third kappa shape index (κ3) is 2.60. The summed E-state index contributed by atoms with van der Waals surface area (Å²) >= 11 is 2.04. The molecule has 2 heterocycles. The molecule has 0 aromatic carbocycles. The van der Waals surface area contributed by atoms with Crippen molar-refractivity contribution in [2.75, 3.05) is 0 Å². The van der Waals surface area contributed by atoms with E-state index in [2.05, 4.69) is 15.0 Å². The third-order valence-electron chi connectivity index (χ3n) is 2.59. The zero-order chi connectivity index (χ0) is 13.3. The second kappa shape index (κ2) is 5.17. The molecule has 0 fully saturated rings. The molecule has 5 heteroatoms. The van der Waals surface area contributed by atoms with Gasteiger partial charge >= 0.3 is 0 Å². The number of H-pyrrole nitrogens is 1. The summed E-state index contributed by atoms with van der Waals surface area (Å²) in [5, 5.41) is 0. The van der Waals surface area contributed by atoms with Crippen LogP contribution in [0.2, 0.25) is 0 Å². The highest BCUT2D eigenvalue weighted by Gasteiger charge is 2.13. The minimum absolute atomic E-state index is 0.104. The fourth-order valence-corrected chi connectivity index (χ4v) is 2.52. The van der Waals surface area contributed by atoms with Crippen LogP contribution in [0.15, 0.2) is 23.1 Å². The van der Waals surface area contributed by atoms with Gasteiger partial charge in [-0.15, -0.1) is 0 Å². The van der Waals surface area contributed by atoms with Gasteiger partial charge in [0, 0.05) is 6.20 Å². The molecule has 0 aliphatic heterocycles. The molecule has 0 spiro atoms. The molecule has 0 saturated carbocycles. The van der Waals surface area contributed by atoms with Crippen molar-refractivity contribution in [2.45, 2.75) is 26.7 Å². The number of hydrogen-bond donors (Lipinski definition) is 1. The van der Waals surface area contributed by atoms with Crippen LogP contribution >= 0.6 is 22.6 Å². The standard InChI is InChI=1S/C13H14IN3O/c1-7(2)11-10(14)13(18)17-12(16-11)9-6-8(3)4-5-15-9/h4-7H,1-3H3,(H,16,17,18). The molecule has 0 atom stereocenters. The topological polar surface area (TPSA) is 58.6 Å². The summed E-state index contributed by atoms with van der Waals surface area (Å²) in [6.07, 6.45) is 1.72. The number of rotatable bonds is 2. The summed E-state index contributed by atoms with van der Waals surface area (Å²) in [5.74, 6) is 0.746. The SMILES string of the molecule is Cc1ccnc(-c2nc(C(C)C)c(I)c(=O)[nH]2)c1. The first-order valence-electron chi connectivity index (χ1n) is 5.71. The highest BCUT2D eigenvalue weighted by Crippen LogP contribution is 2.19. The van der Waals surface area contributed by atoms with Gasteiger partial charge in [-0.1, -0.05) is 13.8 Å². The lowest BCUT2D eigenvalue weighted by Gasteiger charge is -2.09. The van der Waals surface area contributed by atoms with Crippen molar-refractivity contribution in [3.8, 4) is 11.5 Å². The van der Waals surface area contributed by atoms with E-state index < -0.39 is 0 Å². The molecule has 0 aliphatic rings. The van der Waals surface area contributed by atoms with E-state index in [1.165, 1.54) is 0 Å². The van der Waals surface area contributed by atoms with Gasteiger partial charge in [-0.25, -0.2) is 4.98 Å². The summed E-state index contributed by atoms with van der Waals surface area (Å²) in [5.41, 5.74) is 2.50. The van der Waals surface area contributed by atoms with Crippen molar-refractivity contribution < 1.29 is 0 Å². The van der Waals surface area contributed by atoms with E-state index in [1.54, 1.807) is 6.20 Å². The minimum atomic E-state index is -0.104. The van der Waals surface area contributed by atoms with Gasteiger partial charge in [0.25, 0.3) is 5.56 Å². The van der Waals surface area contributed by atoms with Crippen molar-refractivity contribution in [1.29, 1.82) is 0 Å². The molecule has 2 rings (SSSR count). The monoisotopic (exact) mass is 355 g/mol. The fourth-order valence-electron chi connectivity index (χ4n) is 1.65. The number of aromatic amines is 1. The number of pyridine rings is 1. The Bertz CT molecular complexity index is 634. The van der Waals surface area contributed by atoms with Crippen LogP contribution in [0.25, 0.3) is 11.5 Å². The van der Waals surface area contributed by atoms with Crippen LogP contribution in [0.3, 0.4) is 0 Å². The zero-order valence-corrected chi connectivity index (χ0v) is 12.6. The molecule has 0 radical (unpaired) electrons. The average Bonchev–Trinajstić information content (AvgIpc) is 2.32. The predicted octanol–water partition coefficient (Wildman–Crippen LogP) is 2.87. The summed E-state index contributed by atoms with van der Waals surface area (Å²) in [6, 6.07) is 3.83. The molecule has 0 saturated heterocycles. The van der Waals surface area contributed by atoms with E-state index >= 15 is 0 Å². The highest BCUT2D eigenvalue weighted by molar-refractivity contribution is 14.1. The van der Waals surface area contributed by atoms with Crippen LogP contribution in [-0.2, 0) is 0 Å². The Morgan fingerprint density at radius 1 is 1.39 bits per heavy atom. The van der Waals surface area contributed by atoms with E-state index in [9.17, 15) is 4.79 Å². The van der Waals surface area contributed by atoms with Gasteiger partial charge in [-0.05, 0) is 53.1 Å². The average molecular weight is 355 g/mol. The largest absolute Gasteiger partial charge is 0.304 e. The number of nitrogens with zero attached hydrogens (tertiary/aromatic N) is 2. The molecule has 0 unspecified atom stereocenters. The van der Waals surface area contributed by atoms with Gasteiger partial charge in [0.15, 0.2) is 5.82 Å². The Kier molecular flexibility index (Phi) is 3.79. The Morgan fingerprint density at radius 2 is 2.11 bits per heavy atom. The summed E-state index contributed by atoms with van der Waals surface area (Å²) in [7, 11) is 0. The third-order valence-corrected chi connectivity index (χ3v) is 3.64. The molecular formula is C13H14IN3O. The van der Waals surface area contributed by atoms with Crippen molar-refractivity contribution in [2.24, 2.45) is 0 Å². The van der Waals surface area contributed by atoms with Gasteiger partial charge in [0.05, 0.1) is 9.26 Å². The maximum atomic E-state index is 11.9. The first kappa shape index (κ1) is 13.2. The van der Waals surface area contributed by atoms with Gasteiger partial charge in [-0.3, -0.25) is 9.78 Å². The first-order valence-corrected chi connectivity index (χ1v) is 6.79. The fraction of sp³-hybridized carbons (Fsp3) is 0.308. The molecule has 94 valence electrons. The van der Waals surface area contributed by atoms with E-state index in [0.717, 1.165) is 11.3 Å². The van der Waals surface area contributed by atoms with Crippen LogP contribution in [0.5, 0.6) is 0 Å². The number of aryl methyl sites for hydroxylation is 1. The van der Waals surface area contributed by atoms with Gasteiger partial charge in [-0.2, -0.15) is 0 Å². The summed E-state index contributed by atoms with van der Waals surface area (Å²) in [4.78, 5) is 23.4. The molecule has 0 amide bonds. The van der Waals surface area contributed by atoms with Crippen molar-refractivity contribution in [3.05, 3.63) is 43.5 Å². The van der Waals surface area contributed by atoms with Gasteiger partial charge in [0.2, 0.25) is 0 Å². The number of aromatic nitrogens is 3. The number of nitrogens with one attached hydrogen (secondary N) is 1. The quantitative estimate of drug-likeness (QED) is 0.843. The summed E-state index contributed by atoms with van der Waals surface area (Å²) in [6.45, 7) is 6.04. The predicted molar refractivity (Wildman–Crippen MR) is 79.6 cm³/mol. The van der Waals surface area contributed by atoms with Crippen LogP contribution in [0, 0.1) is 10.5 Å². The number of hydrogen-bond acceptors (Lipinski definition) is 3. The van der Waals surface area contributed by atoms with Gasteiger partial charge < -0.3 is 4.98 Å². The van der Waals surface area contributed by atoms with Crippen LogP contribution in [0.1, 0.15) is 31.0 Å². The van der Waals surface area contributed by atoms with Crippen molar-refractivity contribution in [1.82, 2.24) is 15.0 Å². The van der Waals surface area contributed by atoms with E-state index in [1.807, 2.05) is 55.5 Å². The van der Waals surface area contributed by atoms with E-state index in [0.29, 0.717) is 15.1 Å². The molecule has 0 aliphatic carbocycles. The maximum Gasteiger partial charge on any atom is 0.264 e. The van der Waals surface area contributed by atoms with Crippen molar-refractivity contribution >= 4 is 22.6 Å². The lowest BCUT2D eigenvalue weighted by atomic mass is 10.1. The Morgan fingerprint density at radius 3 is 2.72 bits per heavy atom. The maximum absolute atomic E-state index is 11.9. The molecule has 4 nitrogen and oxygen atoms in total. The highest BCUT2D eigenvalue weighted by atomic mass is 127. The molecule has 2 aromatic rings. The zero-order valence-electron chi connectivity index (χ0n) is 10.5. The Hall–Kier alpha value is -1.24. The van der Waals surface area contributed by atoms with Crippen LogP contribution in [-0.4, -0.2) is 15.0 Å². The second-order valence-electron chi connectivity index (χ2n) is 4.49. The normalized spacial score (nSPS) is 10.9. The molecule has 2 aromatic heterocycles. The minimum Gasteiger partial charge on any atom is -0.304 e. The van der Waals surface area contributed by atoms with Crippen LogP contribution in [0.4, 0.5) is 0 Å². The molecular weight excluding hydrogens is 341 g/mol. The Labute approximate surface area is 119 Å². The lowest BCUT2D eigenvalue weighted by molar-refractivity contribution is 0.801. The lowest BCUT2D eigenvalue weighted by Crippen LogP contribution is -2.17. The molecule has 1 N–H and O–H groups in total. The first-order chi connectivity index (χ1) is 8.49. The molecule has 0 bridgehead atoms. The number of halogens is 1. The van der Waals surface area contributed by atoms with Crippen molar-refractivity contribution in [3.63, 3.8) is 0 Å². The smallest absolute Gasteiger partial charge is 0.264 e. The second-order valence-corrected chi connectivity index (χ2v) is 5.57. The van der Waals surface area contributed by atoms with Gasteiger partial charge in [0.1, 0.15) is 5.69 Å². The summed E-state index contributed by atoms with van der Waals surface area (Å²) < 4.78 is 0.652. The van der Waals surface area contributed by atoms with E-state index in [-0.39, 0.29) is 11.5 Å². The van der Waals surface area contributed by atoms with Crippen LogP contribution < -0.4 is 5.56 Å². The Balaban J connectivity index is 2.63.